The van der Waals surface area contributed by atoms with Crippen LogP contribution in [0.25, 0.3) is 0 Å². The Morgan fingerprint density at radius 3 is 2.72 bits per heavy atom. The van der Waals surface area contributed by atoms with E-state index in [1.807, 2.05) is 36.4 Å². The summed E-state index contributed by atoms with van der Waals surface area (Å²) in [5, 5.41) is 21.4. The summed E-state index contributed by atoms with van der Waals surface area (Å²) < 4.78 is 6.33. The van der Waals surface area contributed by atoms with Gasteiger partial charge in [-0.3, -0.25) is 14.9 Å². The van der Waals surface area contributed by atoms with E-state index in [2.05, 4.69) is 5.32 Å². The summed E-state index contributed by atoms with van der Waals surface area (Å²) in [6.07, 6.45) is 0.455. The average Bonchev–Trinajstić information content (AvgIpc) is 3.35. The van der Waals surface area contributed by atoms with Crippen LogP contribution < -0.4 is 10.1 Å². The number of para-hydroxylation sites is 1. The van der Waals surface area contributed by atoms with Crippen molar-refractivity contribution in [2.75, 3.05) is 5.32 Å². The Labute approximate surface area is 187 Å². The maximum Gasteiger partial charge on any atom is 0.306 e. The van der Waals surface area contributed by atoms with Crippen molar-refractivity contribution in [1.29, 1.82) is 0 Å². The molecule has 0 aliphatic carbocycles. The van der Waals surface area contributed by atoms with Gasteiger partial charge in [0.1, 0.15) is 5.75 Å². The summed E-state index contributed by atoms with van der Waals surface area (Å²) >= 11 is 6.04. The van der Waals surface area contributed by atoms with Gasteiger partial charge in [0.15, 0.2) is 0 Å². The minimum Gasteiger partial charge on any atom is -0.453 e. The standard InChI is InChI=1S/C23H15ClN4O4/c24-14-7-5-13(6-8-14)19-12-20-16-11-15(28(30)31)9-10-21(16)32-23(27(20)26-19)17-3-1-2-4-18(17)25-22(23)29/h1-11,20H,12H2,(H,25,29)/t20-,23+/m1/s1. The van der Waals surface area contributed by atoms with E-state index < -0.39 is 16.7 Å². The molecule has 3 aliphatic heterocycles. The third-order valence-electron chi connectivity index (χ3n) is 6.08. The van der Waals surface area contributed by atoms with Gasteiger partial charge in [-0.2, -0.15) is 5.10 Å². The zero-order chi connectivity index (χ0) is 22.0. The van der Waals surface area contributed by atoms with Crippen molar-refractivity contribution >= 4 is 34.6 Å². The predicted octanol–water partition coefficient (Wildman–Crippen LogP) is 4.60. The number of amides is 1. The molecule has 0 unspecified atom stereocenters. The largest absolute Gasteiger partial charge is 0.453 e. The van der Waals surface area contributed by atoms with Crippen molar-refractivity contribution in [3.8, 4) is 5.75 Å². The number of nitrogens with zero attached hydrogens (tertiary/aromatic N) is 3. The number of fused-ring (bicyclic) bond motifs is 6. The Balaban J connectivity index is 1.56. The Morgan fingerprint density at radius 2 is 1.94 bits per heavy atom. The molecule has 0 bridgehead atoms. The van der Waals surface area contributed by atoms with E-state index >= 15 is 0 Å². The first kappa shape index (κ1) is 18.8. The smallest absolute Gasteiger partial charge is 0.306 e. The van der Waals surface area contributed by atoms with E-state index in [1.54, 1.807) is 23.2 Å². The fourth-order valence-corrected chi connectivity index (χ4v) is 4.74. The van der Waals surface area contributed by atoms with Crippen LogP contribution in [0, 0.1) is 10.1 Å². The highest BCUT2D eigenvalue weighted by Gasteiger charge is 2.61. The molecule has 32 heavy (non-hydrogen) atoms. The third-order valence-corrected chi connectivity index (χ3v) is 6.33. The number of hydrogen-bond donors (Lipinski definition) is 1. The highest BCUT2D eigenvalue weighted by molar-refractivity contribution is 6.30. The van der Waals surface area contributed by atoms with E-state index in [0.29, 0.717) is 34.0 Å². The van der Waals surface area contributed by atoms with Crippen molar-refractivity contribution in [2.45, 2.75) is 18.2 Å². The molecule has 1 amide bonds. The van der Waals surface area contributed by atoms with Gasteiger partial charge in [0.25, 0.3) is 11.6 Å². The summed E-state index contributed by atoms with van der Waals surface area (Å²) in [5.41, 5.74) is 1.98. The van der Waals surface area contributed by atoms with E-state index in [4.69, 9.17) is 21.4 Å². The lowest BCUT2D eigenvalue weighted by Crippen LogP contribution is -2.55. The molecule has 3 aromatic rings. The second kappa shape index (κ2) is 6.54. The maximum absolute atomic E-state index is 13.4. The lowest BCUT2D eigenvalue weighted by atomic mass is 9.92. The normalized spacial score (nSPS) is 22.5. The second-order valence-electron chi connectivity index (χ2n) is 7.84. The fraction of sp³-hybridized carbons (Fsp3) is 0.130. The average molecular weight is 447 g/mol. The Morgan fingerprint density at radius 1 is 1.16 bits per heavy atom. The fourth-order valence-electron chi connectivity index (χ4n) is 4.61. The molecule has 1 N–H and O–H groups in total. The number of hydrogen-bond acceptors (Lipinski definition) is 6. The number of non-ortho nitro benzene ring substituents is 1. The number of halogens is 1. The molecule has 0 fully saturated rings. The van der Waals surface area contributed by atoms with Crippen molar-refractivity contribution in [3.05, 3.63) is 98.6 Å². The third kappa shape index (κ3) is 2.50. The van der Waals surface area contributed by atoms with Gasteiger partial charge in [0, 0.05) is 29.1 Å². The topological polar surface area (TPSA) is 97.1 Å². The molecule has 158 valence electrons. The number of nitro benzene ring substituents is 1. The number of ether oxygens (including phenoxy) is 1. The summed E-state index contributed by atoms with van der Waals surface area (Å²) in [6, 6.07) is 18.6. The van der Waals surface area contributed by atoms with Crippen molar-refractivity contribution < 1.29 is 14.5 Å². The molecule has 0 aromatic heterocycles. The molecular weight excluding hydrogens is 432 g/mol. The van der Waals surface area contributed by atoms with Gasteiger partial charge >= 0.3 is 5.72 Å². The summed E-state index contributed by atoms with van der Waals surface area (Å²) in [4.78, 5) is 24.3. The summed E-state index contributed by atoms with van der Waals surface area (Å²) in [6.45, 7) is 0. The van der Waals surface area contributed by atoms with Gasteiger partial charge in [-0.15, -0.1) is 0 Å². The number of rotatable bonds is 2. The van der Waals surface area contributed by atoms with E-state index in [1.165, 1.54) is 12.1 Å². The molecule has 3 aliphatic rings. The number of nitro groups is 1. The molecule has 3 heterocycles. The Kier molecular flexibility index (Phi) is 3.85. The molecular formula is C23H15ClN4O4. The zero-order valence-corrected chi connectivity index (χ0v) is 17.2. The molecule has 2 atom stereocenters. The number of nitrogens with one attached hydrogen (secondary N) is 1. The van der Waals surface area contributed by atoms with Crippen LogP contribution in [0.3, 0.4) is 0 Å². The van der Waals surface area contributed by atoms with Gasteiger partial charge in [-0.25, -0.2) is 5.01 Å². The van der Waals surface area contributed by atoms with Crippen LogP contribution in [0.4, 0.5) is 11.4 Å². The molecule has 8 nitrogen and oxygen atoms in total. The minimum atomic E-state index is -1.50. The molecule has 0 radical (unpaired) electrons. The SMILES string of the molecule is O=C1Nc2ccccc2[C@]12Oc1ccc([N+](=O)[O-])cc1[C@H]1CC(c3ccc(Cl)cc3)=NN12. The van der Waals surface area contributed by atoms with Crippen LogP contribution in [-0.4, -0.2) is 21.6 Å². The van der Waals surface area contributed by atoms with Crippen molar-refractivity contribution in [2.24, 2.45) is 5.10 Å². The monoisotopic (exact) mass is 446 g/mol. The highest BCUT2D eigenvalue weighted by atomic mass is 35.5. The van der Waals surface area contributed by atoms with Gasteiger partial charge in [0.05, 0.1) is 27.9 Å². The van der Waals surface area contributed by atoms with Crippen molar-refractivity contribution in [3.63, 3.8) is 0 Å². The van der Waals surface area contributed by atoms with Gasteiger partial charge in [-0.1, -0.05) is 41.9 Å². The predicted molar refractivity (Wildman–Crippen MR) is 118 cm³/mol. The molecule has 6 rings (SSSR count). The maximum atomic E-state index is 13.4. The van der Waals surface area contributed by atoms with Gasteiger partial charge in [0.2, 0.25) is 0 Å². The molecule has 3 aromatic carbocycles. The lowest BCUT2D eigenvalue weighted by Gasteiger charge is -2.43. The van der Waals surface area contributed by atoms with E-state index in [9.17, 15) is 14.9 Å². The molecule has 0 saturated carbocycles. The summed E-state index contributed by atoms with van der Waals surface area (Å²) in [7, 11) is 0. The molecule has 9 heteroatoms. The minimum absolute atomic E-state index is 0.0422. The van der Waals surface area contributed by atoms with Gasteiger partial charge in [-0.05, 0) is 29.8 Å². The highest BCUT2D eigenvalue weighted by Crippen LogP contribution is 2.54. The number of carbonyl (C=O) groups is 1. The lowest BCUT2D eigenvalue weighted by molar-refractivity contribution is -0.385. The van der Waals surface area contributed by atoms with Crippen LogP contribution in [0.5, 0.6) is 5.75 Å². The van der Waals surface area contributed by atoms with Crippen LogP contribution >= 0.6 is 11.6 Å². The summed E-state index contributed by atoms with van der Waals surface area (Å²) in [5.74, 6) is 0.0741. The Bertz CT molecular complexity index is 1340. The quantitative estimate of drug-likeness (QED) is 0.458. The second-order valence-corrected chi connectivity index (χ2v) is 8.28. The zero-order valence-electron chi connectivity index (χ0n) is 16.5. The van der Waals surface area contributed by atoms with Crippen LogP contribution in [-0.2, 0) is 10.5 Å². The van der Waals surface area contributed by atoms with Crippen LogP contribution in [0.2, 0.25) is 5.02 Å². The molecule has 1 spiro atoms. The van der Waals surface area contributed by atoms with Gasteiger partial charge < -0.3 is 10.1 Å². The molecule has 0 saturated heterocycles. The first-order valence-corrected chi connectivity index (χ1v) is 10.4. The number of carbonyl (C=O) groups excluding carboxylic acids is 1. The van der Waals surface area contributed by atoms with Crippen molar-refractivity contribution in [1.82, 2.24) is 5.01 Å². The van der Waals surface area contributed by atoms with Crippen LogP contribution in [0.15, 0.2) is 71.8 Å². The number of anilines is 1. The first-order chi connectivity index (χ1) is 15.5. The number of hydrazone groups is 1. The number of benzene rings is 3. The van der Waals surface area contributed by atoms with E-state index in [-0.39, 0.29) is 11.6 Å². The van der Waals surface area contributed by atoms with Crippen LogP contribution in [0.1, 0.15) is 29.2 Å². The Hall–Kier alpha value is -3.91. The van der Waals surface area contributed by atoms with E-state index in [0.717, 1.165) is 11.3 Å². The first-order valence-electron chi connectivity index (χ1n) is 9.98.